The van der Waals surface area contributed by atoms with Gasteiger partial charge in [-0.25, -0.2) is 13.9 Å². The van der Waals surface area contributed by atoms with E-state index in [1.807, 2.05) is 6.92 Å². The van der Waals surface area contributed by atoms with Gasteiger partial charge in [0, 0.05) is 44.3 Å². The minimum Gasteiger partial charge on any atom is -0.457 e. The van der Waals surface area contributed by atoms with E-state index in [1.54, 1.807) is 18.5 Å². The van der Waals surface area contributed by atoms with Crippen LogP contribution in [0.4, 0.5) is 18.9 Å². The largest absolute Gasteiger partial charge is 0.457 e. The first-order valence-electron chi connectivity index (χ1n) is 12.9. The van der Waals surface area contributed by atoms with E-state index in [9.17, 15) is 23.1 Å². The minimum atomic E-state index is -3.14. The molecule has 3 aromatic heterocycles. The van der Waals surface area contributed by atoms with Gasteiger partial charge in [0.05, 0.1) is 17.4 Å². The van der Waals surface area contributed by atoms with Crippen molar-refractivity contribution in [2.24, 2.45) is 0 Å². The molecular formula is C28H24F3N7O4. The van der Waals surface area contributed by atoms with Crippen molar-refractivity contribution in [3.63, 3.8) is 0 Å². The van der Waals surface area contributed by atoms with Gasteiger partial charge in [-0.05, 0) is 48.9 Å². The summed E-state index contributed by atoms with van der Waals surface area (Å²) < 4.78 is 54.8. The molecule has 0 bridgehead atoms. The van der Waals surface area contributed by atoms with Crippen LogP contribution in [0.3, 0.4) is 0 Å². The zero-order valence-electron chi connectivity index (χ0n) is 22.1. The Balaban J connectivity index is 1.37. The van der Waals surface area contributed by atoms with Crippen LogP contribution in [0, 0.1) is 5.82 Å². The molecule has 1 aliphatic rings. The van der Waals surface area contributed by atoms with E-state index in [4.69, 9.17) is 9.47 Å². The second kappa shape index (κ2) is 10.8. The Bertz CT molecular complexity index is 1780. The zero-order valence-corrected chi connectivity index (χ0v) is 22.1. The molecule has 3 N–H and O–H groups in total. The Kier molecular flexibility index (Phi) is 7.00. The number of amides is 1. The van der Waals surface area contributed by atoms with E-state index in [2.05, 4.69) is 25.8 Å². The molecule has 216 valence electrons. The summed E-state index contributed by atoms with van der Waals surface area (Å²) in [4.78, 5) is 17.4. The fraction of sp³-hybridized carbons (Fsp3) is 0.214. The topological polar surface area (TPSA) is 128 Å². The molecule has 14 heteroatoms. The number of ether oxygens (including phenoxy) is 2. The molecule has 1 amide bonds. The lowest BCUT2D eigenvalue weighted by Gasteiger charge is -2.38. The van der Waals surface area contributed by atoms with Gasteiger partial charge >= 0.3 is 6.61 Å². The minimum absolute atomic E-state index is 0.0896. The predicted molar refractivity (Wildman–Crippen MR) is 144 cm³/mol. The standard InChI is InChI=1S/C28H24F3N7O4/c1-2-37-13-22(35-26(39)21-12-34-38-7-3-6-33-25(21)38)24(36-37)20-11-18(4-5-23(20)42-27(30)31)41-19-9-16(8-17(29)10-19)28(40)14-32-15-28/h3-13,27,32,40H,2,14-15H2,1H3,(H,35,39). The molecule has 11 nitrogen and oxygen atoms in total. The number of rotatable bonds is 9. The monoisotopic (exact) mass is 579 g/mol. The number of hydrogen-bond donors (Lipinski definition) is 3. The Hall–Kier alpha value is -4.95. The Morgan fingerprint density at radius 2 is 2.05 bits per heavy atom. The van der Waals surface area contributed by atoms with Crippen LogP contribution < -0.4 is 20.1 Å². The van der Waals surface area contributed by atoms with Crippen LogP contribution >= 0.6 is 0 Å². The lowest BCUT2D eigenvalue weighted by Crippen LogP contribution is -2.56. The molecule has 1 fully saturated rings. The summed E-state index contributed by atoms with van der Waals surface area (Å²) in [5.74, 6) is -1.14. The number of anilines is 1. The number of nitrogens with one attached hydrogen (secondary N) is 2. The van der Waals surface area contributed by atoms with Crippen molar-refractivity contribution < 1.29 is 32.5 Å². The van der Waals surface area contributed by atoms with E-state index < -0.39 is 23.9 Å². The van der Waals surface area contributed by atoms with Crippen molar-refractivity contribution in [3.8, 4) is 28.5 Å². The van der Waals surface area contributed by atoms with Crippen LogP contribution in [-0.4, -0.2) is 55.1 Å². The molecule has 4 heterocycles. The SMILES string of the molecule is CCn1cc(NC(=O)c2cnn3cccnc23)c(-c2cc(Oc3cc(F)cc(C4(O)CNC4)c3)ccc2OC(F)F)n1. The fourth-order valence-corrected chi connectivity index (χ4v) is 4.60. The highest BCUT2D eigenvalue weighted by Gasteiger charge is 2.37. The first-order valence-corrected chi connectivity index (χ1v) is 12.9. The van der Waals surface area contributed by atoms with Gasteiger partial charge in [0.15, 0.2) is 5.65 Å². The fourth-order valence-electron chi connectivity index (χ4n) is 4.60. The smallest absolute Gasteiger partial charge is 0.387 e. The average Bonchev–Trinajstić information content (AvgIpc) is 3.56. The summed E-state index contributed by atoms with van der Waals surface area (Å²) in [5, 5.41) is 25.0. The second-order valence-corrected chi connectivity index (χ2v) is 9.60. The number of carbonyl (C=O) groups excluding carboxylic acids is 1. The number of hydrogen-bond acceptors (Lipinski definition) is 8. The number of nitrogens with zero attached hydrogens (tertiary/aromatic N) is 5. The highest BCUT2D eigenvalue weighted by molar-refractivity contribution is 6.09. The molecule has 1 saturated heterocycles. The van der Waals surface area contributed by atoms with Crippen LogP contribution in [0.25, 0.3) is 16.9 Å². The maximum Gasteiger partial charge on any atom is 0.387 e. The summed E-state index contributed by atoms with van der Waals surface area (Å²) in [6.45, 7) is -0.388. The van der Waals surface area contributed by atoms with E-state index in [0.29, 0.717) is 17.8 Å². The molecule has 0 radical (unpaired) electrons. The van der Waals surface area contributed by atoms with Crippen molar-refractivity contribution in [3.05, 3.63) is 84.2 Å². The van der Waals surface area contributed by atoms with Gasteiger partial charge in [-0.1, -0.05) is 0 Å². The van der Waals surface area contributed by atoms with Crippen LogP contribution in [-0.2, 0) is 12.1 Å². The highest BCUT2D eigenvalue weighted by atomic mass is 19.3. The van der Waals surface area contributed by atoms with Gasteiger partial charge in [0.1, 0.15) is 39.9 Å². The van der Waals surface area contributed by atoms with Crippen LogP contribution in [0.1, 0.15) is 22.8 Å². The second-order valence-electron chi connectivity index (χ2n) is 9.60. The average molecular weight is 580 g/mol. The Morgan fingerprint density at radius 3 is 2.79 bits per heavy atom. The number of alkyl halides is 2. The normalized spacial score (nSPS) is 14.1. The van der Waals surface area contributed by atoms with Crippen LogP contribution in [0.15, 0.2) is 67.3 Å². The summed E-state index contributed by atoms with van der Waals surface area (Å²) in [6, 6.07) is 9.60. The van der Waals surface area contributed by atoms with Gasteiger partial charge in [-0.2, -0.15) is 19.0 Å². The Labute approximate surface area is 236 Å². The van der Waals surface area contributed by atoms with Gasteiger partial charge in [0.25, 0.3) is 5.91 Å². The molecule has 6 rings (SSSR count). The number of fused-ring (bicyclic) bond motifs is 1. The number of carbonyl (C=O) groups is 1. The predicted octanol–water partition coefficient (Wildman–Crippen LogP) is 4.19. The third-order valence-corrected chi connectivity index (χ3v) is 6.76. The van der Waals surface area contributed by atoms with Crippen molar-refractivity contribution in [2.75, 3.05) is 18.4 Å². The molecule has 2 aromatic carbocycles. The van der Waals surface area contributed by atoms with E-state index >= 15 is 0 Å². The lowest BCUT2D eigenvalue weighted by molar-refractivity contribution is -0.0495. The third kappa shape index (κ3) is 5.24. The van der Waals surface area contributed by atoms with Crippen molar-refractivity contribution in [1.29, 1.82) is 0 Å². The molecule has 1 aliphatic heterocycles. The first kappa shape index (κ1) is 27.2. The molecule has 0 aliphatic carbocycles. The van der Waals surface area contributed by atoms with E-state index in [0.717, 1.165) is 6.07 Å². The Morgan fingerprint density at radius 1 is 1.21 bits per heavy atom. The number of aliphatic hydroxyl groups is 1. The maximum atomic E-state index is 14.4. The highest BCUT2D eigenvalue weighted by Crippen LogP contribution is 2.39. The molecule has 42 heavy (non-hydrogen) atoms. The molecule has 0 saturated carbocycles. The molecule has 0 spiro atoms. The quantitative estimate of drug-likeness (QED) is 0.237. The molecule has 0 atom stereocenters. The molecular weight excluding hydrogens is 555 g/mol. The number of aryl methyl sites for hydroxylation is 1. The zero-order chi connectivity index (χ0) is 29.4. The van der Waals surface area contributed by atoms with E-state index in [-0.39, 0.29) is 52.8 Å². The van der Waals surface area contributed by atoms with Gasteiger partial charge in [0.2, 0.25) is 0 Å². The third-order valence-electron chi connectivity index (χ3n) is 6.76. The summed E-state index contributed by atoms with van der Waals surface area (Å²) >= 11 is 0. The van der Waals surface area contributed by atoms with E-state index in [1.165, 1.54) is 51.9 Å². The molecule has 5 aromatic rings. The summed E-state index contributed by atoms with van der Waals surface area (Å²) in [5.41, 5.74) is 0.0590. The van der Waals surface area contributed by atoms with Gasteiger partial charge < -0.3 is 25.2 Å². The number of benzene rings is 2. The van der Waals surface area contributed by atoms with Crippen molar-refractivity contribution >= 4 is 17.2 Å². The lowest BCUT2D eigenvalue weighted by atomic mass is 9.88. The maximum absolute atomic E-state index is 14.4. The number of aromatic nitrogens is 5. The summed E-state index contributed by atoms with van der Waals surface area (Å²) in [6.07, 6.45) is 6.09. The van der Waals surface area contributed by atoms with Gasteiger partial charge in [-0.15, -0.1) is 0 Å². The van der Waals surface area contributed by atoms with Crippen LogP contribution in [0.5, 0.6) is 17.2 Å². The van der Waals surface area contributed by atoms with Gasteiger partial charge in [-0.3, -0.25) is 9.48 Å². The first-order chi connectivity index (χ1) is 20.2. The molecule has 0 unspecified atom stereocenters. The van der Waals surface area contributed by atoms with Crippen molar-refractivity contribution in [2.45, 2.75) is 25.7 Å². The van der Waals surface area contributed by atoms with Crippen molar-refractivity contribution in [1.82, 2.24) is 29.7 Å². The number of halogens is 3. The number of β-amino-alcohol motifs (C(OH)–C–C–N with tert-alkyl or cyclic N) is 1. The summed E-state index contributed by atoms with van der Waals surface area (Å²) in [7, 11) is 0. The van der Waals surface area contributed by atoms with Crippen LogP contribution in [0.2, 0.25) is 0 Å².